The fourth-order valence-corrected chi connectivity index (χ4v) is 5.24. The molecular weight excluding hydrogens is 438 g/mol. The van der Waals surface area contributed by atoms with Crippen molar-refractivity contribution in [2.24, 2.45) is 0 Å². The Balaban J connectivity index is 1.72. The van der Waals surface area contributed by atoms with E-state index in [1.807, 2.05) is 55.5 Å². The van der Waals surface area contributed by atoms with Crippen LogP contribution >= 0.6 is 23.4 Å². The summed E-state index contributed by atoms with van der Waals surface area (Å²) in [6.45, 7) is 2.25. The van der Waals surface area contributed by atoms with E-state index in [9.17, 15) is 8.42 Å². The van der Waals surface area contributed by atoms with Crippen LogP contribution < -0.4 is 9.46 Å². The van der Waals surface area contributed by atoms with Gasteiger partial charge in [0.25, 0.3) is 0 Å². The Morgan fingerprint density at radius 3 is 2.20 bits per heavy atom. The van der Waals surface area contributed by atoms with Crippen LogP contribution in [0, 0.1) is 6.92 Å². The molecule has 7 heteroatoms. The van der Waals surface area contributed by atoms with Crippen molar-refractivity contribution >= 4 is 33.4 Å². The van der Waals surface area contributed by atoms with E-state index in [-0.39, 0.29) is 10.1 Å². The lowest BCUT2D eigenvalue weighted by Crippen LogP contribution is -2.25. The van der Waals surface area contributed by atoms with Crippen molar-refractivity contribution in [3.8, 4) is 5.75 Å². The van der Waals surface area contributed by atoms with E-state index in [0.29, 0.717) is 18.0 Å². The van der Waals surface area contributed by atoms with Gasteiger partial charge in [-0.15, -0.1) is 11.8 Å². The van der Waals surface area contributed by atoms with Crippen molar-refractivity contribution in [1.29, 1.82) is 0 Å². The molecule has 0 saturated carbocycles. The largest absolute Gasteiger partial charge is 0.497 e. The second-order valence-corrected chi connectivity index (χ2v) is 10.3. The van der Waals surface area contributed by atoms with E-state index >= 15 is 0 Å². The lowest BCUT2D eigenvalue weighted by molar-refractivity contribution is 0.414. The van der Waals surface area contributed by atoms with Gasteiger partial charge in [-0.3, -0.25) is 0 Å². The van der Waals surface area contributed by atoms with Gasteiger partial charge in [-0.1, -0.05) is 41.4 Å². The summed E-state index contributed by atoms with van der Waals surface area (Å²) in [5.41, 5.74) is 2.12. The van der Waals surface area contributed by atoms with Gasteiger partial charge in [0, 0.05) is 21.7 Å². The lowest BCUT2D eigenvalue weighted by atomic mass is 10.1. The average molecular weight is 462 g/mol. The van der Waals surface area contributed by atoms with E-state index in [1.165, 1.54) is 0 Å². The standard InChI is InChI=1S/C23H24ClNO3S2/c1-17-3-13-22(14-4-17)30(26,27)25-16-15-23(18-5-9-20(28-2)10-6-18)29-21-11-7-19(24)8-12-21/h3-14,23,25H,15-16H2,1-2H3. The fourth-order valence-electron chi connectivity index (χ4n) is 2.91. The van der Waals surface area contributed by atoms with Crippen LogP contribution in [0.2, 0.25) is 5.02 Å². The molecule has 0 radical (unpaired) electrons. The van der Waals surface area contributed by atoms with Crippen LogP contribution in [0.1, 0.15) is 22.8 Å². The molecule has 1 unspecified atom stereocenters. The Labute approximate surface area is 187 Å². The predicted molar refractivity (Wildman–Crippen MR) is 124 cm³/mol. The Morgan fingerprint density at radius 2 is 1.60 bits per heavy atom. The third-order valence-corrected chi connectivity index (χ3v) is 7.68. The zero-order valence-electron chi connectivity index (χ0n) is 16.8. The number of rotatable bonds is 9. The number of ether oxygens (including phenoxy) is 1. The smallest absolute Gasteiger partial charge is 0.240 e. The summed E-state index contributed by atoms with van der Waals surface area (Å²) in [5, 5.41) is 0.754. The highest BCUT2D eigenvalue weighted by Crippen LogP contribution is 2.38. The summed E-state index contributed by atoms with van der Waals surface area (Å²) < 4.78 is 33.2. The van der Waals surface area contributed by atoms with E-state index in [0.717, 1.165) is 21.8 Å². The molecule has 0 heterocycles. The number of nitrogens with one attached hydrogen (secondary N) is 1. The van der Waals surface area contributed by atoms with Crippen LogP contribution in [0.25, 0.3) is 0 Å². The van der Waals surface area contributed by atoms with Crippen LogP contribution in [0.3, 0.4) is 0 Å². The Hall–Kier alpha value is -1.99. The number of halogens is 1. The number of aryl methyl sites for hydroxylation is 1. The molecule has 3 aromatic rings. The molecule has 0 aliphatic rings. The summed E-state index contributed by atoms with van der Waals surface area (Å²) in [4.78, 5) is 1.35. The highest BCUT2D eigenvalue weighted by atomic mass is 35.5. The maximum Gasteiger partial charge on any atom is 0.240 e. The monoisotopic (exact) mass is 461 g/mol. The molecule has 0 spiro atoms. The fraction of sp³-hybridized carbons (Fsp3) is 0.217. The summed E-state index contributed by atoms with van der Waals surface area (Å²) in [6, 6.07) is 22.4. The van der Waals surface area contributed by atoms with Gasteiger partial charge < -0.3 is 4.74 Å². The van der Waals surface area contributed by atoms with Crippen LogP contribution in [-0.2, 0) is 10.0 Å². The quantitative estimate of drug-likeness (QED) is 0.405. The second kappa shape index (κ2) is 10.4. The Kier molecular flexibility index (Phi) is 7.83. The lowest BCUT2D eigenvalue weighted by Gasteiger charge is -2.18. The van der Waals surface area contributed by atoms with Crippen molar-refractivity contribution in [2.45, 2.75) is 28.4 Å². The minimum Gasteiger partial charge on any atom is -0.497 e. The Morgan fingerprint density at radius 1 is 0.967 bits per heavy atom. The first kappa shape index (κ1) is 22.7. The number of thioether (sulfide) groups is 1. The minimum atomic E-state index is -3.54. The summed E-state index contributed by atoms with van der Waals surface area (Å²) >= 11 is 7.68. The van der Waals surface area contributed by atoms with E-state index in [2.05, 4.69) is 4.72 Å². The van der Waals surface area contributed by atoms with Crippen LogP contribution in [0.4, 0.5) is 0 Å². The van der Waals surface area contributed by atoms with Crippen LogP contribution in [-0.4, -0.2) is 22.1 Å². The number of benzene rings is 3. The molecular formula is C23H24ClNO3S2. The first-order valence-electron chi connectivity index (χ1n) is 9.50. The third-order valence-electron chi connectivity index (χ3n) is 4.61. The molecule has 0 aliphatic heterocycles. The molecule has 3 rings (SSSR count). The van der Waals surface area contributed by atoms with Gasteiger partial charge in [-0.05, 0) is 67.4 Å². The Bertz CT molecular complexity index is 1050. The molecule has 30 heavy (non-hydrogen) atoms. The van der Waals surface area contributed by atoms with E-state index < -0.39 is 10.0 Å². The van der Waals surface area contributed by atoms with Crippen molar-refractivity contribution < 1.29 is 13.2 Å². The zero-order chi connectivity index (χ0) is 21.6. The molecule has 0 saturated heterocycles. The third kappa shape index (κ3) is 6.25. The molecule has 158 valence electrons. The molecule has 0 aromatic heterocycles. The average Bonchev–Trinajstić information content (AvgIpc) is 2.75. The zero-order valence-corrected chi connectivity index (χ0v) is 19.2. The topological polar surface area (TPSA) is 55.4 Å². The second-order valence-electron chi connectivity index (χ2n) is 6.83. The molecule has 0 amide bonds. The van der Waals surface area contributed by atoms with Crippen molar-refractivity contribution in [3.63, 3.8) is 0 Å². The number of hydrogen-bond acceptors (Lipinski definition) is 4. The maximum absolute atomic E-state index is 12.6. The van der Waals surface area contributed by atoms with Gasteiger partial charge in [0.15, 0.2) is 0 Å². The summed E-state index contributed by atoms with van der Waals surface area (Å²) in [7, 11) is -1.91. The highest BCUT2D eigenvalue weighted by molar-refractivity contribution is 7.99. The summed E-state index contributed by atoms with van der Waals surface area (Å²) in [6.07, 6.45) is 0.630. The predicted octanol–water partition coefficient (Wildman–Crippen LogP) is 5.86. The van der Waals surface area contributed by atoms with Gasteiger partial charge in [-0.25, -0.2) is 13.1 Å². The van der Waals surface area contributed by atoms with E-state index in [1.54, 1.807) is 43.1 Å². The van der Waals surface area contributed by atoms with Crippen molar-refractivity contribution in [1.82, 2.24) is 4.72 Å². The molecule has 0 bridgehead atoms. The number of hydrogen-bond donors (Lipinski definition) is 1. The highest BCUT2D eigenvalue weighted by Gasteiger charge is 2.17. The minimum absolute atomic E-state index is 0.0674. The molecule has 4 nitrogen and oxygen atoms in total. The summed E-state index contributed by atoms with van der Waals surface area (Å²) in [5.74, 6) is 0.786. The molecule has 1 atom stereocenters. The molecule has 3 aromatic carbocycles. The maximum atomic E-state index is 12.6. The first-order chi connectivity index (χ1) is 14.4. The normalized spacial score (nSPS) is 12.5. The number of sulfonamides is 1. The van der Waals surface area contributed by atoms with Crippen LogP contribution in [0.15, 0.2) is 82.6 Å². The van der Waals surface area contributed by atoms with Gasteiger partial charge in [0.1, 0.15) is 5.75 Å². The van der Waals surface area contributed by atoms with Crippen LogP contribution in [0.5, 0.6) is 5.75 Å². The number of methoxy groups -OCH3 is 1. The van der Waals surface area contributed by atoms with Crippen molar-refractivity contribution in [2.75, 3.05) is 13.7 Å². The van der Waals surface area contributed by atoms with Gasteiger partial charge in [0.2, 0.25) is 10.0 Å². The van der Waals surface area contributed by atoms with Gasteiger partial charge in [-0.2, -0.15) is 0 Å². The SMILES string of the molecule is COc1ccc(C(CCNS(=O)(=O)c2ccc(C)cc2)Sc2ccc(Cl)cc2)cc1. The molecule has 0 aliphatic carbocycles. The van der Waals surface area contributed by atoms with Gasteiger partial charge in [0.05, 0.1) is 12.0 Å². The molecule has 0 fully saturated rings. The molecule has 1 N–H and O–H groups in total. The first-order valence-corrected chi connectivity index (χ1v) is 12.2. The van der Waals surface area contributed by atoms with E-state index in [4.69, 9.17) is 16.3 Å². The van der Waals surface area contributed by atoms with Crippen molar-refractivity contribution in [3.05, 3.63) is 88.9 Å². The van der Waals surface area contributed by atoms with Gasteiger partial charge >= 0.3 is 0 Å².